The number of hydrogen-bond acceptors (Lipinski definition) is 3. The summed E-state index contributed by atoms with van der Waals surface area (Å²) in [5.74, 6) is -0.399. The Morgan fingerprint density at radius 3 is 2.57 bits per heavy atom. The molecule has 0 unspecified atom stereocenters. The highest BCUT2D eigenvalue weighted by molar-refractivity contribution is 5.99. The number of benzene rings is 2. The number of rotatable bonds is 2. The van der Waals surface area contributed by atoms with Gasteiger partial charge in [0.25, 0.3) is 0 Å². The summed E-state index contributed by atoms with van der Waals surface area (Å²) >= 11 is 0. The lowest BCUT2D eigenvalue weighted by molar-refractivity contribution is -0.115. The van der Waals surface area contributed by atoms with Gasteiger partial charge in [-0.3, -0.25) is 4.79 Å². The van der Waals surface area contributed by atoms with Gasteiger partial charge in [-0.2, -0.15) is 0 Å². The minimum absolute atomic E-state index is 0.0841. The minimum Gasteiger partial charge on any atom is -0.378 e. The second-order valence-corrected chi connectivity index (χ2v) is 5.86. The average molecular weight is 312 g/mol. The maximum Gasteiger partial charge on any atom is 0.228 e. The Balaban J connectivity index is 1.63. The Bertz CT molecular complexity index is 752. The highest BCUT2D eigenvalue weighted by atomic mass is 19.1. The number of hydrogen-bond donors (Lipinski definition) is 1. The third kappa shape index (κ3) is 2.68. The third-order valence-electron chi connectivity index (χ3n) is 4.37. The summed E-state index contributed by atoms with van der Waals surface area (Å²) in [4.78, 5) is 13.7. The van der Waals surface area contributed by atoms with Crippen LogP contribution >= 0.6 is 0 Å². The Morgan fingerprint density at radius 2 is 1.83 bits per heavy atom. The number of amides is 1. The van der Waals surface area contributed by atoms with Crippen LogP contribution in [0.1, 0.15) is 5.56 Å². The van der Waals surface area contributed by atoms with Crippen molar-refractivity contribution in [1.82, 2.24) is 0 Å². The lowest BCUT2D eigenvalue weighted by Gasteiger charge is -2.29. The van der Waals surface area contributed by atoms with Crippen molar-refractivity contribution in [3.05, 3.63) is 47.8 Å². The van der Waals surface area contributed by atoms with Gasteiger partial charge in [0.05, 0.1) is 19.6 Å². The van der Waals surface area contributed by atoms with Gasteiger partial charge in [0, 0.05) is 30.0 Å². The molecule has 0 saturated carbocycles. The molecule has 5 heteroatoms. The van der Waals surface area contributed by atoms with Gasteiger partial charge in [-0.1, -0.05) is 12.1 Å². The lowest BCUT2D eigenvalue weighted by Crippen LogP contribution is -2.36. The Hall–Kier alpha value is -2.40. The van der Waals surface area contributed by atoms with Crippen LogP contribution in [0.4, 0.5) is 15.8 Å². The number of morpholine rings is 1. The minimum atomic E-state index is -0.315. The molecule has 1 amide bonds. The van der Waals surface area contributed by atoms with Crippen LogP contribution in [0.25, 0.3) is 11.1 Å². The number of fused-ring (bicyclic) bond motifs is 1. The number of halogens is 1. The summed E-state index contributed by atoms with van der Waals surface area (Å²) in [5, 5.41) is 2.67. The van der Waals surface area contributed by atoms with Crippen LogP contribution in [-0.4, -0.2) is 32.2 Å². The molecule has 118 valence electrons. The predicted molar refractivity (Wildman–Crippen MR) is 87.2 cm³/mol. The summed E-state index contributed by atoms with van der Waals surface area (Å²) in [5.41, 5.74) is 3.91. The quantitative estimate of drug-likeness (QED) is 0.927. The van der Waals surface area contributed by atoms with Crippen molar-refractivity contribution in [1.29, 1.82) is 0 Å². The van der Waals surface area contributed by atoms with Crippen LogP contribution in [-0.2, 0) is 16.0 Å². The fourth-order valence-corrected chi connectivity index (χ4v) is 3.14. The van der Waals surface area contributed by atoms with Crippen molar-refractivity contribution in [2.75, 3.05) is 36.5 Å². The van der Waals surface area contributed by atoms with Gasteiger partial charge in [-0.15, -0.1) is 0 Å². The van der Waals surface area contributed by atoms with E-state index in [1.807, 2.05) is 24.3 Å². The Kier molecular flexibility index (Phi) is 3.50. The number of nitrogens with one attached hydrogen (secondary N) is 1. The average Bonchev–Trinajstić information content (AvgIpc) is 2.94. The largest absolute Gasteiger partial charge is 0.378 e. The summed E-state index contributed by atoms with van der Waals surface area (Å²) in [7, 11) is 0. The maximum atomic E-state index is 14.3. The van der Waals surface area contributed by atoms with Crippen LogP contribution in [0.3, 0.4) is 0 Å². The number of carbonyl (C=O) groups excluding carboxylic acids is 1. The standard InChI is InChI=1S/C18H17FN2O2/c19-16-11-17-13(10-18(22)20-17)9-15(16)12-1-3-14(4-2-12)21-5-7-23-8-6-21/h1-4,9,11H,5-8,10H2,(H,20,22). The molecular formula is C18H17FN2O2. The Morgan fingerprint density at radius 1 is 1.09 bits per heavy atom. The molecule has 0 bridgehead atoms. The number of ether oxygens (including phenoxy) is 1. The fourth-order valence-electron chi connectivity index (χ4n) is 3.14. The van der Waals surface area contributed by atoms with Crippen LogP contribution in [0.2, 0.25) is 0 Å². The Labute approximate surface area is 133 Å². The highest BCUT2D eigenvalue weighted by Gasteiger charge is 2.20. The van der Waals surface area contributed by atoms with Crippen LogP contribution < -0.4 is 10.2 Å². The van der Waals surface area contributed by atoms with Crippen LogP contribution in [0.15, 0.2) is 36.4 Å². The van der Waals surface area contributed by atoms with E-state index in [9.17, 15) is 9.18 Å². The van der Waals surface area contributed by atoms with Crippen molar-refractivity contribution in [3.8, 4) is 11.1 Å². The van der Waals surface area contributed by atoms with Gasteiger partial charge in [0.1, 0.15) is 5.82 Å². The zero-order valence-corrected chi connectivity index (χ0v) is 12.6. The summed E-state index contributed by atoms with van der Waals surface area (Å²) < 4.78 is 19.7. The second kappa shape index (κ2) is 5.66. The predicted octanol–water partition coefficient (Wildman–Crippen LogP) is 2.82. The van der Waals surface area contributed by atoms with Crippen LogP contribution in [0.5, 0.6) is 0 Å². The van der Waals surface area contributed by atoms with E-state index in [1.54, 1.807) is 6.07 Å². The zero-order chi connectivity index (χ0) is 15.8. The molecule has 2 heterocycles. The molecule has 0 aliphatic carbocycles. The molecule has 4 nitrogen and oxygen atoms in total. The molecule has 0 aromatic heterocycles. The van der Waals surface area contributed by atoms with Gasteiger partial charge in [-0.05, 0) is 35.4 Å². The third-order valence-corrected chi connectivity index (χ3v) is 4.37. The van der Waals surface area contributed by atoms with Crippen molar-refractivity contribution in [2.24, 2.45) is 0 Å². The second-order valence-electron chi connectivity index (χ2n) is 5.86. The van der Waals surface area contributed by atoms with E-state index in [4.69, 9.17) is 4.74 Å². The summed E-state index contributed by atoms with van der Waals surface area (Å²) in [6.45, 7) is 3.23. The molecule has 2 aromatic rings. The van der Waals surface area contributed by atoms with Crippen LogP contribution in [0, 0.1) is 5.82 Å². The smallest absolute Gasteiger partial charge is 0.228 e. The summed E-state index contributed by atoms with van der Waals surface area (Å²) in [6.07, 6.45) is 0.314. The molecule has 2 aromatic carbocycles. The van der Waals surface area contributed by atoms with Gasteiger partial charge >= 0.3 is 0 Å². The molecule has 1 saturated heterocycles. The normalized spacial score (nSPS) is 17.1. The molecule has 0 spiro atoms. The number of carbonyl (C=O) groups is 1. The molecule has 2 aliphatic rings. The first-order valence-corrected chi connectivity index (χ1v) is 7.76. The van der Waals surface area contributed by atoms with E-state index >= 15 is 0 Å². The molecule has 4 rings (SSSR count). The topological polar surface area (TPSA) is 41.6 Å². The molecule has 1 fully saturated rings. The van der Waals surface area contributed by atoms with Crippen molar-refractivity contribution in [3.63, 3.8) is 0 Å². The fraction of sp³-hybridized carbons (Fsp3) is 0.278. The maximum absolute atomic E-state index is 14.3. The first kappa shape index (κ1) is 14.2. The zero-order valence-electron chi connectivity index (χ0n) is 12.6. The van der Waals surface area contributed by atoms with E-state index in [2.05, 4.69) is 10.2 Å². The molecule has 2 aliphatic heterocycles. The van der Waals surface area contributed by atoms with E-state index in [-0.39, 0.29) is 11.7 Å². The first-order valence-electron chi connectivity index (χ1n) is 7.76. The molecule has 0 atom stereocenters. The highest BCUT2D eigenvalue weighted by Crippen LogP contribution is 2.32. The number of nitrogens with zero attached hydrogens (tertiary/aromatic N) is 1. The molecule has 23 heavy (non-hydrogen) atoms. The van der Waals surface area contributed by atoms with E-state index < -0.39 is 0 Å². The first-order chi connectivity index (χ1) is 11.2. The lowest BCUT2D eigenvalue weighted by atomic mass is 10.0. The van der Waals surface area contributed by atoms with Crippen molar-refractivity contribution in [2.45, 2.75) is 6.42 Å². The molecule has 0 radical (unpaired) electrons. The van der Waals surface area contributed by atoms with Gasteiger partial charge < -0.3 is 15.0 Å². The SMILES string of the molecule is O=C1Cc2cc(-c3ccc(N4CCOCC4)cc3)c(F)cc2N1. The van der Waals surface area contributed by atoms with Crippen molar-refractivity contribution >= 4 is 17.3 Å². The van der Waals surface area contributed by atoms with Gasteiger partial charge in [0.15, 0.2) is 0 Å². The molecular weight excluding hydrogens is 295 g/mol. The van der Waals surface area contributed by atoms with Gasteiger partial charge in [-0.25, -0.2) is 4.39 Å². The molecule has 1 N–H and O–H groups in total. The van der Waals surface area contributed by atoms with Gasteiger partial charge in [0.2, 0.25) is 5.91 Å². The van der Waals surface area contributed by atoms with E-state index in [0.717, 1.165) is 43.1 Å². The monoisotopic (exact) mass is 312 g/mol. The van der Waals surface area contributed by atoms with E-state index in [1.165, 1.54) is 6.07 Å². The number of anilines is 2. The van der Waals surface area contributed by atoms with E-state index in [0.29, 0.717) is 17.7 Å². The summed E-state index contributed by atoms with van der Waals surface area (Å²) in [6, 6.07) is 11.1. The van der Waals surface area contributed by atoms with Crippen molar-refractivity contribution < 1.29 is 13.9 Å².